The number of hydrogen-bond acceptors (Lipinski definition) is 1. The van der Waals surface area contributed by atoms with E-state index >= 15 is 0 Å². The zero-order valence-electron chi connectivity index (χ0n) is 7.09. The van der Waals surface area contributed by atoms with Crippen LogP contribution < -0.4 is 5.73 Å². The highest BCUT2D eigenvalue weighted by Crippen LogP contribution is 2.21. The molecule has 2 heteroatoms. The highest BCUT2D eigenvalue weighted by molar-refractivity contribution is 5.85. The summed E-state index contributed by atoms with van der Waals surface area (Å²) in [5, 5.41) is 1.20. The van der Waals surface area contributed by atoms with Gasteiger partial charge in [0.2, 0.25) is 0 Å². The van der Waals surface area contributed by atoms with Crippen LogP contribution in [0.5, 0.6) is 0 Å². The third-order valence-corrected chi connectivity index (χ3v) is 2.14. The molecular weight excluding hydrogens is 148 g/mol. The van der Waals surface area contributed by atoms with Gasteiger partial charge >= 0.3 is 0 Å². The molecular formula is C10H12N2. The molecule has 0 aliphatic heterocycles. The van der Waals surface area contributed by atoms with E-state index in [0.29, 0.717) is 0 Å². The summed E-state index contributed by atoms with van der Waals surface area (Å²) in [6.45, 7) is 2.13. The van der Waals surface area contributed by atoms with Crippen LogP contribution >= 0.6 is 0 Å². The molecule has 1 aromatic heterocycles. The molecule has 0 spiro atoms. The average molecular weight is 160 g/mol. The predicted molar refractivity (Wildman–Crippen MR) is 52.1 cm³/mol. The van der Waals surface area contributed by atoms with Crippen molar-refractivity contribution in [1.29, 1.82) is 0 Å². The first-order valence-corrected chi connectivity index (χ1v) is 4.16. The monoisotopic (exact) mass is 160 g/mol. The molecule has 1 aromatic carbocycles. The molecule has 0 amide bonds. The minimum Gasteiger partial charge on any atom is -0.399 e. The molecule has 2 nitrogen and oxygen atoms in total. The highest BCUT2D eigenvalue weighted by Gasteiger charge is 2.00. The third kappa shape index (κ3) is 0.961. The van der Waals surface area contributed by atoms with Crippen molar-refractivity contribution in [3.63, 3.8) is 0 Å². The van der Waals surface area contributed by atoms with Crippen LogP contribution in [0, 0.1) is 0 Å². The maximum Gasteiger partial charge on any atom is 0.0487 e. The zero-order valence-corrected chi connectivity index (χ0v) is 7.09. The Kier molecular flexibility index (Phi) is 1.54. The van der Waals surface area contributed by atoms with E-state index in [4.69, 9.17) is 5.73 Å². The van der Waals surface area contributed by atoms with Crippen LogP contribution in [0.4, 0.5) is 5.69 Å². The molecule has 0 aliphatic rings. The van der Waals surface area contributed by atoms with E-state index in [0.717, 1.165) is 12.1 Å². The summed E-state index contributed by atoms with van der Waals surface area (Å²) < 4.78 is 0. The van der Waals surface area contributed by atoms with Gasteiger partial charge in [0, 0.05) is 22.8 Å². The van der Waals surface area contributed by atoms with Crippen molar-refractivity contribution < 1.29 is 0 Å². The number of aromatic amines is 1. The predicted octanol–water partition coefficient (Wildman–Crippen LogP) is 2.31. The summed E-state index contributed by atoms with van der Waals surface area (Å²) in [6.07, 6.45) is 2.96. The van der Waals surface area contributed by atoms with Gasteiger partial charge in [-0.3, -0.25) is 0 Å². The van der Waals surface area contributed by atoms with Crippen LogP contribution in [0.2, 0.25) is 0 Å². The Morgan fingerprint density at radius 1 is 1.42 bits per heavy atom. The Hall–Kier alpha value is -1.44. The number of hydrogen-bond donors (Lipinski definition) is 2. The number of H-pyrrole nitrogens is 1. The number of anilines is 1. The lowest BCUT2D eigenvalue weighted by molar-refractivity contribution is 1.15. The number of rotatable bonds is 1. The molecule has 0 aliphatic carbocycles. The number of aryl methyl sites for hydroxylation is 1. The van der Waals surface area contributed by atoms with Gasteiger partial charge in [0.15, 0.2) is 0 Å². The van der Waals surface area contributed by atoms with E-state index in [9.17, 15) is 0 Å². The molecule has 0 fully saturated rings. The Morgan fingerprint density at radius 2 is 2.25 bits per heavy atom. The van der Waals surface area contributed by atoms with Gasteiger partial charge in [-0.05, 0) is 30.2 Å². The molecule has 2 rings (SSSR count). The molecule has 0 bridgehead atoms. The van der Waals surface area contributed by atoms with Gasteiger partial charge in [-0.2, -0.15) is 0 Å². The lowest BCUT2D eigenvalue weighted by Crippen LogP contribution is -1.88. The second-order valence-electron chi connectivity index (χ2n) is 2.98. The molecule has 3 N–H and O–H groups in total. The molecule has 2 aromatic rings. The van der Waals surface area contributed by atoms with Crippen LogP contribution in [0.25, 0.3) is 10.9 Å². The minimum atomic E-state index is 0.846. The van der Waals surface area contributed by atoms with Gasteiger partial charge in [-0.1, -0.05) is 6.92 Å². The number of nitrogen functional groups attached to an aromatic ring is 1. The second kappa shape index (κ2) is 2.55. The molecule has 0 atom stereocenters. The summed E-state index contributed by atoms with van der Waals surface area (Å²) in [6, 6.07) is 6.06. The number of fused-ring (bicyclic) bond motifs is 1. The summed E-state index contributed by atoms with van der Waals surface area (Å²) in [5.74, 6) is 0. The van der Waals surface area contributed by atoms with Crippen molar-refractivity contribution >= 4 is 16.6 Å². The summed E-state index contributed by atoms with van der Waals surface area (Å²) >= 11 is 0. The maximum atomic E-state index is 5.75. The maximum absolute atomic E-state index is 5.75. The van der Waals surface area contributed by atoms with Crippen LogP contribution in [0.3, 0.4) is 0 Å². The molecule has 0 unspecified atom stereocenters. The Balaban J connectivity index is 2.80. The van der Waals surface area contributed by atoms with Crippen LogP contribution in [0.15, 0.2) is 24.4 Å². The largest absolute Gasteiger partial charge is 0.399 e. The number of nitrogens with two attached hydrogens (primary N) is 1. The first kappa shape index (κ1) is 7.22. The quantitative estimate of drug-likeness (QED) is 0.617. The first-order chi connectivity index (χ1) is 5.81. The Labute approximate surface area is 71.4 Å². The Bertz CT molecular complexity index is 401. The zero-order chi connectivity index (χ0) is 8.55. The Morgan fingerprint density at radius 3 is 3.00 bits per heavy atom. The topological polar surface area (TPSA) is 41.8 Å². The van der Waals surface area contributed by atoms with Gasteiger partial charge in [0.1, 0.15) is 0 Å². The molecule has 1 heterocycles. The molecule has 12 heavy (non-hydrogen) atoms. The van der Waals surface area contributed by atoms with Crippen molar-refractivity contribution in [3.05, 3.63) is 30.0 Å². The summed E-state index contributed by atoms with van der Waals surface area (Å²) in [7, 11) is 0. The summed E-state index contributed by atoms with van der Waals surface area (Å²) in [4.78, 5) is 3.21. The smallest absolute Gasteiger partial charge is 0.0487 e. The number of nitrogens with one attached hydrogen (secondary N) is 1. The van der Waals surface area contributed by atoms with E-state index in [1.54, 1.807) is 0 Å². The van der Waals surface area contributed by atoms with E-state index in [2.05, 4.69) is 11.9 Å². The standard InChI is InChI=1S/C10H12N2/c1-2-7-5-9(11)6-8-3-4-12-10(7)8/h3-6,12H,2,11H2,1H3. The summed E-state index contributed by atoms with van der Waals surface area (Å²) in [5.41, 5.74) is 9.09. The van der Waals surface area contributed by atoms with Crippen LogP contribution in [-0.2, 0) is 6.42 Å². The SMILES string of the molecule is CCc1cc(N)cc2cc[nH]c12. The van der Waals surface area contributed by atoms with Crippen molar-refractivity contribution in [2.75, 3.05) is 5.73 Å². The van der Waals surface area contributed by atoms with Gasteiger partial charge in [-0.25, -0.2) is 0 Å². The number of benzene rings is 1. The van der Waals surface area contributed by atoms with Crippen molar-refractivity contribution in [1.82, 2.24) is 4.98 Å². The fraction of sp³-hybridized carbons (Fsp3) is 0.200. The third-order valence-electron chi connectivity index (χ3n) is 2.14. The number of aromatic nitrogens is 1. The van der Waals surface area contributed by atoms with E-state index in [-0.39, 0.29) is 0 Å². The normalized spacial score (nSPS) is 10.8. The average Bonchev–Trinajstić information content (AvgIpc) is 2.50. The van der Waals surface area contributed by atoms with E-state index < -0.39 is 0 Å². The van der Waals surface area contributed by atoms with Gasteiger partial charge in [0.25, 0.3) is 0 Å². The first-order valence-electron chi connectivity index (χ1n) is 4.16. The van der Waals surface area contributed by atoms with Crippen LogP contribution in [-0.4, -0.2) is 4.98 Å². The van der Waals surface area contributed by atoms with Gasteiger partial charge in [-0.15, -0.1) is 0 Å². The fourth-order valence-corrected chi connectivity index (χ4v) is 1.55. The van der Waals surface area contributed by atoms with Crippen molar-refractivity contribution in [3.8, 4) is 0 Å². The van der Waals surface area contributed by atoms with Crippen LogP contribution in [0.1, 0.15) is 12.5 Å². The minimum absolute atomic E-state index is 0.846. The molecule has 0 saturated carbocycles. The van der Waals surface area contributed by atoms with Crippen molar-refractivity contribution in [2.24, 2.45) is 0 Å². The van der Waals surface area contributed by atoms with Gasteiger partial charge in [0.05, 0.1) is 0 Å². The van der Waals surface area contributed by atoms with Crippen molar-refractivity contribution in [2.45, 2.75) is 13.3 Å². The fourth-order valence-electron chi connectivity index (χ4n) is 1.55. The van der Waals surface area contributed by atoms with Gasteiger partial charge < -0.3 is 10.7 Å². The lowest BCUT2D eigenvalue weighted by atomic mass is 10.1. The molecule has 62 valence electrons. The van der Waals surface area contributed by atoms with E-state index in [1.165, 1.54) is 16.5 Å². The molecule has 0 saturated heterocycles. The second-order valence-corrected chi connectivity index (χ2v) is 2.98. The highest BCUT2D eigenvalue weighted by atomic mass is 14.7. The lowest BCUT2D eigenvalue weighted by Gasteiger charge is -2.01. The molecule has 0 radical (unpaired) electrons. The van der Waals surface area contributed by atoms with E-state index in [1.807, 2.05) is 24.4 Å².